The second-order valence-electron chi connectivity index (χ2n) is 4.06. The lowest BCUT2D eigenvalue weighted by molar-refractivity contribution is -0.143. The van der Waals surface area contributed by atoms with Gasteiger partial charge in [0.25, 0.3) is 0 Å². The average molecular weight is 260 g/mol. The van der Waals surface area contributed by atoms with Crippen molar-refractivity contribution in [3.63, 3.8) is 0 Å². The molecule has 17 heavy (non-hydrogen) atoms. The Morgan fingerprint density at radius 3 is 2.59 bits per heavy atom. The maximum Gasteiger partial charge on any atom is 0.323 e. The van der Waals surface area contributed by atoms with Crippen LogP contribution in [0.5, 0.6) is 0 Å². The second kappa shape index (κ2) is 7.55. The van der Waals surface area contributed by atoms with Gasteiger partial charge < -0.3 is 15.3 Å². The predicted octanol–water partition coefficient (Wildman–Crippen LogP) is 0.405. The van der Waals surface area contributed by atoms with Crippen LogP contribution in [-0.4, -0.2) is 59.1 Å². The third-order valence-electron chi connectivity index (χ3n) is 2.79. The van der Waals surface area contributed by atoms with Crippen molar-refractivity contribution in [2.75, 3.05) is 31.9 Å². The molecule has 1 heterocycles. The van der Waals surface area contributed by atoms with Crippen LogP contribution in [0.2, 0.25) is 0 Å². The molecule has 0 atom stereocenters. The lowest BCUT2D eigenvalue weighted by Crippen LogP contribution is -2.37. The van der Waals surface area contributed by atoms with Gasteiger partial charge in [0.05, 0.1) is 5.75 Å². The molecule has 0 unspecified atom stereocenters. The van der Waals surface area contributed by atoms with Crippen LogP contribution in [0.3, 0.4) is 0 Å². The summed E-state index contributed by atoms with van der Waals surface area (Å²) in [4.78, 5) is 23.7. The molecule has 0 aromatic carbocycles. The summed E-state index contributed by atoms with van der Waals surface area (Å²) in [5.74, 6) is -0.628. The topological polar surface area (TPSA) is 69.6 Å². The molecule has 1 rings (SSSR count). The van der Waals surface area contributed by atoms with E-state index in [1.54, 1.807) is 18.7 Å². The number of likely N-dealkylation sites (N-methyl/N-ethyl adjacent to an activating group) is 1. The predicted molar refractivity (Wildman–Crippen MR) is 68.2 cm³/mol. The third-order valence-corrected chi connectivity index (χ3v) is 4.15. The Labute approximate surface area is 106 Å². The highest BCUT2D eigenvalue weighted by atomic mass is 32.2. The third kappa shape index (κ3) is 5.41. The van der Waals surface area contributed by atoms with Crippen LogP contribution >= 0.6 is 11.8 Å². The summed E-state index contributed by atoms with van der Waals surface area (Å²) in [6.07, 6.45) is 2.17. The van der Waals surface area contributed by atoms with Crippen molar-refractivity contribution in [3.8, 4) is 0 Å². The molecule has 5 nitrogen and oxygen atoms in total. The van der Waals surface area contributed by atoms with Crippen LogP contribution in [-0.2, 0) is 9.59 Å². The zero-order valence-corrected chi connectivity index (χ0v) is 11.0. The number of thioether (sulfide) groups is 1. The molecule has 0 aliphatic carbocycles. The van der Waals surface area contributed by atoms with Crippen LogP contribution in [0.1, 0.15) is 19.8 Å². The molecule has 0 spiro atoms. The van der Waals surface area contributed by atoms with Crippen molar-refractivity contribution >= 4 is 23.6 Å². The first kappa shape index (κ1) is 14.3. The Kier molecular flexibility index (Phi) is 6.36. The smallest absolute Gasteiger partial charge is 0.323 e. The van der Waals surface area contributed by atoms with Crippen molar-refractivity contribution in [3.05, 3.63) is 0 Å². The van der Waals surface area contributed by atoms with Crippen molar-refractivity contribution in [1.29, 1.82) is 0 Å². The monoisotopic (exact) mass is 260 g/mol. The number of carboxylic acid groups (broad SMARTS) is 1. The van der Waals surface area contributed by atoms with Gasteiger partial charge in [-0.05, 0) is 32.9 Å². The minimum atomic E-state index is -0.952. The molecule has 1 saturated heterocycles. The standard InChI is InChI=1S/C11H20N2O3S/c1-2-13(7-11(15)16)10(14)8-17-9-3-5-12-6-4-9/h9,12H,2-8H2,1H3,(H,15,16). The van der Waals surface area contributed by atoms with Gasteiger partial charge >= 0.3 is 5.97 Å². The van der Waals surface area contributed by atoms with Gasteiger partial charge in [-0.2, -0.15) is 0 Å². The van der Waals surface area contributed by atoms with E-state index in [9.17, 15) is 9.59 Å². The molecule has 0 aromatic heterocycles. The van der Waals surface area contributed by atoms with Gasteiger partial charge in [-0.15, -0.1) is 11.8 Å². The normalized spacial score (nSPS) is 16.8. The highest BCUT2D eigenvalue weighted by molar-refractivity contribution is 8.00. The maximum atomic E-state index is 11.8. The van der Waals surface area contributed by atoms with Crippen molar-refractivity contribution in [2.45, 2.75) is 25.0 Å². The average Bonchev–Trinajstić information content (AvgIpc) is 2.34. The van der Waals surface area contributed by atoms with E-state index in [2.05, 4.69) is 5.32 Å². The zero-order valence-electron chi connectivity index (χ0n) is 10.1. The summed E-state index contributed by atoms with van der Waals surface area (Å²) >= 11 is 1.65. The minimum absolute atomic E-state index is 0.0709. The van der Waals surface area contributed by atoms with Gasteiger partial charge in [0.2, 0.25) is 5.91 Å². The number of nitrogens with zero attached hydrogens (tertiary/aromatic N) is 1. The lowest BCUT2D eigenvalue weighted by Gasteiger charge is -2.23. The van der Waals surface area contributed by atoms with E-state index in [1.165, 1.54) is 4.90 Å². The van der Waals surface area contributed by atoms with Crippen LogP contribution in [0.15, 0.2) is 0 Å². The molecule has 6 heteroatoms. The molecule has 0 saturated carbocycles. The second-order valence-corrected chi connectivity index (χ2v) is 5.35. The first-order valence-corrected chi connectivity index (χ1v) is 7.00. The van der Waals surface area contributed by atoms with Crippen LogP contribution in [0.25, 0.3) is 0 Å². The molecular weight excluding hydrogens is 240 g/mol. The molecule has 1 amide bonds. The number of carboxylic acids is 1. The van der Waals surface area contributed by atoms with Gasteiger partial charge in [0.15, 0.2) is 0 Å². The van der Waals surface area contributed by atoms with Crippen LogP contribution < -0.4 is 5.32 Å². The van der Waals surface area contributed by atoms with E-state index < -0.39 is 5.97 Å². The van der Waals surface area contributed by atoms with Gasteiger partial charge in [0, 0.05) is 11.8 Å². The van der Waals surface area contributed by atoms with E-state index in [-0.39, 0.29) is 12.5 Å². The Morgan fingerprint density at radius 1 is 1.41 bits per heavy atom. The van der Waals surface area contributed by atoms with Gasteiger partial charge in [-0.3, -0.25) is 9.59 Å². The molecule has 2 N–H and O–H groups in total. The van der Waals surface area contributed by atoms with Crippen molar-refractivity contribution < 1.29 is 14.7 Å². The summed E-state index contributed by atoms with van der Waals surface area (Å²) in [6, 6.07) is 0. The summed E-state index contributed by atoms with van der Waals surface area (Å²) in [5.41, 5.74) is 0. The highest BCUT2D eigenvalue weighted by Gasteiger charge is 2.18. The van der Waals surface area contributed by atoms with E-state index in [0.29, 0.717) is 17.5 Å². The summed E-state index contributed by atoms with van der Waals surface area (Å²) in [6.45, 7) is 4.09. The van der Waals surface area contributed by atoms with Crippen molar-refractivity contribution in [1.82, 2.24) is 10.2 Å². The molecule has 98 valence electrons. The SMILES string of the molecule is CCN(CC(=O)O)C(=O)CSC1CCNCC1. The zero-order chi connectivity index (χ0) is 12.7. The molecule has 1 aliphatic heterocycles. The summed E-state index contributed by atoms with van der Waals surface area (Å²) < 4.78 is 0. The number of carbonyl (C=O) groups is 2. The molecular formula is C11H20N2O3S. The fourth-order valence-electron chi connectivity index (χ4n) is 1.78. The number of rotatable bonds is 6. The maximum absolute atomic E-state index is 11.8. The number of piperidine rings is 1. The first-order chi connectivity index (χ1) is 8.13. The molecule has 0 radical (unpaired) electrons. The van der Waals surface area contributed by atoms with E-state index in [0.717, 1.165) is 25.9 Å². The van der Waals surface area contributed by atoms with E-state index in [4.69, 9.17) is 5.11 Å². The Hall–Kier alpha value is -0.750. The van der Waals surface area contributed by atoms with Crippen molar-refractivity contribution in [2.24, 2.45) is 0 Å². The summed E-state index contributed by atoms with van der Waals surface area (Å²) in [5, 5.41) is 12.5. The van der Waals surface area contributed by atoms with Gasteiger partial charge in [-0.25, -0.2) is 0 Å². The highest BCUT2D eigenvalue weighted by Crippen LogP contribution is 2.20. The number of carbonyl (C=O) groups excluding carboxylic acids is 1. The lowest BCUT2D eigenvalue weighted by atomic mass is 10.2. The Morgan fingerprint density at radius 2 is 2.06 bits per heavy atom. The molecule has 1 aliphatic rings. The quantitative estimate of drug-likeness (QED) is 0.723. The fourth-order valence-corrected chi connectivity index (χ4v) is 2.91. The Bertz CT molecular complexity index is 267. The minimum Gasteiger partial charge on any atom is -0.480 e. The number of hydrogen-bond donors (Lipinski definition) is 2. The molecule has 1 fully saturated rings. The number of amides is 1. The number of nitrogens with one attached hydrogen (secondary N) is 1. The van der Waals surface area contributed by atoms with E-state index in [1.807, 2.05) is 0 Å². The Balaban J connectivity index is 2.28. The fraction of sp³-hybridized carbons (Fsp3) is 0.818. The largest absolute Gasteiger partial charge is 0.480 e. The molecule has 0 aromatic rings. The first-order valence-electron chi connectivity index (χ1n) is 5.95. The summed E-state index contributed by atoms with van der Waals surface area (Å²) in [7, 11) is 0. The van der Waals surface area contributed by atoms with Crippen LogP contribution in [0, 0.1) is 0 Å². The molecule has 0 bridgehead atoms. The van der Waals surface area contributed by atoms with Gasteiger partial charge in [0.1, 0.15) is 6.54 Å². The van der Waals surface area contributed by atoms with Gasteiger partial charge in [-0.1, -0.05) is 0 Å². The number of hydrogen-bond acceptors (Lipinski definition) is 4. The van der Waals surface area contributed by atoms with Crippen LogP contribution in [0.4, 0.5) is 0 Å². The van der Waals surface area contributed by atoms with E-state index >= 15 is 0 Å². The number of aliphatic carboxylic acids is 1.